The lowest BCUT2D eigenvalue weighted by Crippen LogP contribution is -2.07. The van der Waals surface area contributed by atoms with E-state index in [1.54, 1.807) is 18.3 Å². The minimum Gasteiger partial charge on any atom is -0.461 e. The first kappa shape index (κ1) is 9.92. The first-order chi connectivity index (χ1) is 7.18. The van der Waals surface area contributed by atoms with Crippen LogP contribution in [-0.4, -0.2) is 24.9 Å². The molecule has 2 aromatic rings. The van der Waals surface area contributed by atoms with Crippen LogP contribution in [0, 0.1) is 0 Å². The van der Waals surface area contributed by atoms with Crippen molar-refractivity contribution in [2.45, 2.75) is 0 Å². The van der Waals surface area contributed by atoms with Gasteiger partial charge in [-0.15, -0.1) is 0 Å². The molecule has 2 aromatic heterocycles. The van der Waals surface area contributed by atoms with Crippen LogP contribution in [0.5, 0.6) is 0 Å². The number of rotatable bonds is 3. The lowest BCUT2D eigenvalue weighted by atomic mass is 10.3. The zero-order valence-corrected chi connectivity index (χ0v) is 9.25. The standard InChI is InChI=1S/C10H10N2O2S/c1-12(2)10-11-6-8(15-10)9(13)7-4-3-5-14-7/h3-6H,1-2H3. The van der Waals surface area contributed by atoms with Crippen LogP contribution in [0.4, 0.5) is 5.13 Å². The Kier molecular flexibility index (Phi) is 2.55. The molecule has 0 aliphatic heterocycles. The maximum absolute atomic E-state index is 11.8. The minimum absolute atomic E-state index is 0.120. The zero-order chi connectivity index (χ0) is 10.8. The molecule has 0 aromatic carbocycles. The highest BCUT2D eigenvalue weighted by Crippen LogP contribution is 2.22. The van der Waals surface area contributed by atoms with Crippen molar-refractivity contribution in [2.75, 3.05) is 19.0 Å². The number of hydrogen-bond donors (Lipinski definition) is 0. The van der Waals surface area contributed by atoms with Gasteiger partial charge in [0, 0.05) is 14.1 Å². The number of hydrogen-bond acceptors (Lipinski definition) is 5. The van der Waals surface area contributed by atoms with E-state index in [4.69, 9.17) is 4.42 Å². The second-order valence-electron chi connectivity index (χ2n) is 3.21. The van der Waals surface area contributed by atoms with Gasteiger partial charge in [-0.05, 0) is 12.1 Å². The molecule has 5 heteroatoms. The Bertz CT molecular complexity index is 459. The van der Waals surface area contributed by atoms with E-state index in [0.29, 0.717) is 10.6 Å². The Morgan fingerprint density at radius 3 is 2.87 bits per heavy atom. The molecule has 0 fully saturated rings. The van der Waals surface area contributed by atoms with Gasteiger partial charge < -0.3 is 9.32 Å². The molecule has 0 bridgehead atoms. The number of aromatic nitrogens is 1. The van der Waals surface area contributed by atoms with E-state index in [2.05, 4.69) is 4.98 Å². The number of thiazole rings is 1. The lowest BCUT2D eigenvalue weighted by molar-refractivity contribution is 0.101. The molecule has 0 spiro atoms. The molecule has 0 amide bonds. The average Bonchev–Trinajstić information content (AvgIpc) is 2.88. The maximum atomic E-state index is 11.8. The Morgan fingerprint density at radius 1 is 1.53 bits per heavy atom. The molecule has 78 valence electrons. The van der Waals surface area contributed by atoms with Crippen molar-refractivity contribution >= 4 is 22.3 Å². The van der Waals surface area contributed by atoms with E-state index in [0.717, 1.165) is 5.13 Å². The summed E-state index contributed by atoms with van der Waals surface area (Å²) in [4.78, 5) is 18.4. The van der Waals surface area contributed by atoms with E-state index in [-0.39, 0.29) is 5.78 Å². The summed E-state index contributed by atoms with van der Waals surface area (Å²) in [5.41, 5.74) is 0. The Balaban J connectivity index is 2.27. The highest BCUT2D eigenvalue weighted by molar-refractivity contribution is 7.17. The SMILES string of the molecule is CN(C)c1ncc(C(=O)c2ccco2)s1. The van der Waals surface area contributed by atoms with Crippen molar-refractivity contribution in [2.24, 2.45) is 0 Å². The number of carbonyl (C=O) groups excluding carboxylic acids is 1. The van der Waals surface area contributed by atoms with Crippen molar-refractivity contribution in [1.29, 1.82) is 0 Å². The highest BCUT2D eigenvalue weighted by atomic mass is 32.1. The molecule has 4 nitrogen and oxygen atoms in total. The van der Waals surface area contributed by atoms with Crippen molar-refractivity contribution in [3.05, 3.63) is 35.2 Å². The van der Waals surface area contributed by atoms with Gasteiger partial charge in [0.2, 0.25) is 5.78 Å². The Morgan fingerprint density at radius 2 is 2.33 bits per heavy atom. The van der Waals surface area contributed by atoms with Crippen LogP contribution in [-0.2, 0) is 0 Å². The van der Waals surface area contributed by atoms with E-state index in [1.807, 2.05) is 19.0 Å². The third-order valence-electron chi connectivity index (χ3n) is 1.84. The fourth-order valence-electron chi connectivity index (χ4n) is 1.11. The van der Waals surface area contributed by atoms with Crippen LogP contribution < -0.4 is 4.90 Å². The molecule has 0 saturated heterocycles. The monoisotopic (exact) mass is 222 g/mol. The summed E-state index contributed by atoms with van der Waals surface area (Å²) in [6, 6.07) is 3.35. The molecule has 0 aliphatic carbocycles. The number of carbonyl (C=O) groups is 1. The third kappa shape index (κ3) is 1.92. The van der Waals surface area contributed by atoms with Crippen LogP contribution in [0.15, 0.2) is 29.0 Å². The van der Waals surface area contributed by atoms with Crippen LogP contribution in [0.25, 0.3) is 0 Å². The van der Waals surface area contributed by atoms with Gasteiger partial charge in [-0.25, -0.2) is 4.98 Å². The topological polar surface area (TPSA) is 46.3 Å². The summed E-state index contributed by atoms with van der Waals surface area (Å²) >= 11 is 1.35. The van der Waals surface area contributed by atoms with Gasteiger partial charge in [-0.3, -0.25) is 4.79 Å². The summed E-state index contributed by atoms with van der Waals surface area (Å²) in [7, 11) is 3.78. The molecule has 0 saturated carbocycles. The van der Waals surface area contributed by atoms with Crippen molar-refractivity contribution in [3.63, 3.8) is 0 Å². The summed E-state index contributed by atoms with van der Waals surface area (Å²) in [6.07, 6.45) is 3.06. The van der Waals surface area contributed by atoms with Crippen molar-refractivity contribution < 1.29 is 9.21 Å². The highest BCUT2D eigenvalue weighted by Gasteiger charge is 2.15. The van der Waals surface area contributed by atoms with Gasteiger partial charge in [0.25, 0.3) is 0 Å². The maximum Gasteiger partial charge on any atom is 0.239 e. The van der Waals surface area contributed by atoms with Crippen molar-refractivity contribution in [3.8, 4) is 0 Å². The molecule has 0 aliphatic rings. The van der Waals surface area contributed by atoms with Gasteiger partial charge in [0.05, 0.1) is 12.5 Å². The van der Waals surface area contributed by atoms with E-state index < -0.39 is 0 Å². The second-order valence-corrected chi connectivity index (χ2v) is 4.22. The molecule has 0 radical (unpaired) electrons. The largest absolute Gasteiger partial charge is 0.461 e. The predicted molar refractivity (Wildman–Crippen MR) is 58.6 cm³/mol. The van der Waals surface area contributed by atoms with E-state index in [1.165, 1.54) is 17.6 Å². The predicted octanol–water partition coefficient (Wildman–Crippen LogP) is 2.03. The second kappa shape index (κ2) is 3.86. The summed E-state index contributed by atoms with van der Waals surface area (Å²) in [6.45, 7) is 0. The summed E-state index contributed by atoms with van der Waals surface area (Å²) in [5.74, 6) is 0.231. The first-order valence-electron chi connectivity index (χ1n) is 4.40. The molecule has 0 atom stereocenters. The minimum atomic E-state index is -0.120. The quantitative estimate of drug-likeness (QED) is 0.745. The van der Waals surface area contributed by atoms with Crippen LogP contribution in [0.1, 0.15) is 15.4 Å². The number of furan rings is 1. The molecule has 2 rings (SSSR count). The molecule has 2 heterocycles. The molecule has 0 N–H and O–H groups in total. The molecular weight excluding hydrogens is 212 g/mol. The van der Waals surface area contributed by atoms with Gasteiger partial charge >= 0.3 is 0 Å². The van der Waals surface area contributed by atoms with Gasteiger partial charge in [0.1, 0.15) is 4.88 Å². The summed E-state index contributed by atoms with van der Waals surface area (Å²) < 4.78 is 5.04. The number of nitrogens with zero attached hydrogens (tertiary/aromatic N) is 2. The molecule has 0 unspecified atom stereocenters. The van der Waals surface area contributed by atoms with Crippen LogP contribution in [0.2, 0.25) is 0 Å². The Labute approximate surface area is 91.2 Å². The summed E-state index contributed by atoms with van der Waals surface area (Å²) in [5, 5.41) is 0.810. The van der Waals surface area contributed by atoms with Crippen molar-refractivity contribution in [1.82, 2.24) is 4.98 Å². The van der Waals surface area contributed by atoms with Crippen LogP contribution in [0.3, 0.4) is 0 Å². The average molecular weight is 222 g/mol. The first-order valence-corrected chi connectivity index (χ1v) is 5.21. The molecular formula is C10H10N2O2S. The van der Waals surface area contributed by atoms with E-state index in [9.17, 15) is 4.79 Å². The fourth-order valence-corrected chi connectivity index (χ4v) is 1.89. The third-order valence-corrected chi connectivity index (χ3v) is 3.01. The normalized spacial score (nSPS) is 10.3. The van der Waals surface area contributed by atoms with Gasteiger partial charge in [0.15, 0.2) is 10.9 Å². The molecule has 15 heavy (non-hydrogen) atoms. The lowest BCUT2D eigenvalue weighted by Gasteiger charge is -2.04. The Hall–Kier alpha value is -1.62. The van der Waals surface area contributed by atoms with Gasteiger partial charge in [-0.1, -0.05) is 11.3 Å². The number of anilines is 1. The van der Waals surface area contributed by atoms with E-state index >= 15 is 0 Å². The fraction of sp³-hybridized carbons (Fsp3) is 0.200. The van der Waals surface area contributed by atoms with Gasteiger partial charge in [-0.2, -0.15) is 0 Å². The smallest absolute Gasteiger partial charge is 0.239 e. The van der Waals surface area contributed by atoms with Crippen LogP contribution >= 0.6 is 11.3 Å². The number of ketones is 1. The zero-order valence-electron chi connectivity index (χ0n) is 8.43.